The summed E-state index contributed by atoms with van der Waals surface area (Å²) in [5.41, 5.74) is 4.97. The first-order valence-corrected chi connectivity index (χ1v) is 6.44. The number of hydrogen-bond donors (Lipinski definition) is 2. The van der Waals surface area contributed by atoms with Crippen molar-refractivity contribution in [3.63, 3.8) is 0 Å². The van der Waals surface area contributed by atoms with Crippen LogP contribution in [-0.4, -0.2) is 26.9 Å². The van der Waals surface area contributed by atoms with Crippen LogP contribution in [-0.2, 0) is 4.79 Å². The highest BCUT2D eigenvalue weighted by Crippen LogP contribution is 2.38. The van der Waals surface area contributed by atoms with Gasteiger partial charge in [-0.3, -0.25) is 4.79 Å². The molecule has 1 heterocycles. The molecule has 3 N–H and O–H groups in total. The van der Waals surface area contributed by atoms with E-state index in [1.54, 1.807) is 11.8 Å². The van der Waals surface area contributed by atoms with Crippen LogP contribution in [0, 0.1) is 0 Å². The monoisotopic (exact) mass is 246 g/mol. The Balaban J connectivity index is 2.66. The number of thioether (sulfide) groups is 1. The fourth-order valence-electron chi connectivity index (χ4n) is 1.44. The first kappa shape index (κ1) is 12.8. The van der Waals surface area contributed by atoms with Crippen LogP contribution < -0.4 is 11.1 Å². The minimum absolute atomic E-state index is 0.0443. The minimum Gasteiger partial charge on any atom is -0.391 e. The van der Waals surface area contributed by atoms with Crippen LogP contribution in [0.25, 0.3) is 0 Å². The third kappa shape index (κ3) is 2.84. The number of carbonyl (C=O) groups excluding carboxylic acids is 1. The Morgan fingerprint density at radius 3 is 2.60 bits per heavy atom. The highest BCUT2D eigenvalue weighted by atomic mass is 32.2. The summed E-state index contributed by atoms with van der Waals surface area (Å²) in [6.07, 6.45) is 2.03. The van der Waals surface area contributed by atoms with Gasteiger partial charge in [-0.2, -0.15) is 0 Å². The van der Waals surface area contributed by atoms with Crippen molar-refractivity contribution >= 4 is 34.9 Å². The summed E-state index contributed by atoms with van der Waals surface area (Å²) in [6.45, 7) is 5.64. The van der Waals surface area contributed by atoms with E-state index in [-0.39, 0.29) is 10.7 Å². The number of amides is 1. The Labute approximate surface area is 101 Å². The fourth-order valence-corrected chi connectivity index (χ4v) is 2.70. The van der Waals surface area contributed by atoms with Gasteiger partial charge in [0.25, 0.3) is 0 Å². The molecule has 1 aliphatic rings. The van der Waals surface area contributed by atoms with Crippen LogP contribution in [0.3, 0.4) is 0 Å². The Morgan fingerprint density at radius 2 is 2.20 bits per heavy atom. The van der Waals surface area contributed by atoms with Gasteiger partial charge in [-0.15, -0.1) is 11.8 Å². The van der Waals surface area contributed by atoms with Gasteiger partial charge >= 0.3 is 0 Å². The van der Waals surface area contributed by atoms with Crippen molar-refractivity contribution in [2.45, 2.75) is 43.9 Å². The third-order valence-corrected chi connectivity index (χ3v) is 4.77. The lowest BCUT2D eigenvalue weighted by atomic mass is 10.0. The summed E-state index contributed by atoms with van der Waals surface area (Å²) in [5.74, 6) is 1.10. The topological polar surface area (TPSA) is 55.1 Å². The summed E-state index contributed by atoms with van der Waals surface area (Å²) in [5, 5.41) is 2.91. The highest BCUT2D eigenvalue weighted by molar-refractivity contribution is 8.01. The average molecular weight is 246 g/mol. The molecule has 1 rings (SSSR count). The summed E-state index contributed by atoms with van der Waals surface area (Å²) in [4.78, 5) is 12.4. The molecule has 86 valence electrons. The van der Waals surface area contributed by atoms with Gasteiger partial charge in [-0.1, -0.05) is 12.2 Å². The Bertz CT molecular complexity index is 283. The zero-order chi connectivity index (χ0) is 11.7. The number of carbonyl (C=O) groups is 1. The molecule has 15 heavy (non-hydrogen) atoms. The smallest absolute Gasteiger partial charge is 0.236 e. The van der Waals surface area contributed by atoms with Crippen LogP contribution in [0.15, 0.2) is 0 Å². The quantitative estimate of drug-likeness (QED) is 0.740. The maximum atomic E-state index is 12.0. The molecule has 0 bridgehead atoms. The van der Waals surface area contributed by atoms with Crippen molar-refractivity contribution in [1.82, 2.24) is 5.32 Å². The second-order valence-corrected chi connectivity index (χ2v) is 6.66. The molecule has 0 aromatic carbocycles. The van der Waals surface area contributed by atoms with Gasteiger partial charge in [-0.05, 0) is 39.4 Å². The van der Waals surface area contributed by atoms with Crippen molar-refractivity contribution in [3.05, 3.63) is 0 Å². The largest absolute Gasteiger partial charge is 0.391 e. The molecule has 3 nitrogen and oxygen atoms in total. The van der Waals surface area contributed by atoms with E-state index in [1.165, 1.54) is 0 Å². The molecule has 1 saturated heterocycles. The number of nitrogens with one attached hydrogen (secondary N) is 1. The fraction of sp³-hybridized carbons (Fsp3) is 0.800. The number of rotatable bonds is 3. The molecule has 1 aliphatic heterocycles. The Morgan fingerprint density at radius 1 is 1.60 bits per heavy atom. The van der Waals surface area contributed by atoms with Gasteiger partial charge in [0.15, 0.2) is 0 Å². The molecule has 0 aliphatic carbocycles. The summed E-state index contributed by atoms with van der Waals surface area (Å²) in [7, 11) is 0. The average Bonchev–Trinajstić information content (AvgIpc) is 2.52. The van der Waals surface area contributed by atoms with Gasteiger partial charge < -0.3 is 11.1 Å². The van der Waals surface area contributed by atoms with Crippen LogP contribution in [0.5, 0.6) is 0 Å². The molecule has 1 unspecified atom stereocenters. The number of nitrogens with two attached hydrogens (primary N) is 1. The van der Waals surface area contributed by atoms with Gasteiger partial charge in [0, 0.05) is 0 Å². The van der Waals surface area contributed by atoms with E-state index >= 15 is 0 Å². The summed E-state index contributed by atoms with van der Waals surface area (Å²) < 4.78 is -0.304. The second-order valence-electron chi connectivity index (χ2n) is 4.63. The van der Waals surface area contributed by atoms with Crippen LogP contribution in [0.1, 0.15) is 33.6 Å². The first-order valence-electron chi connectivity index (χ1n) is 5.04. The van der Waals surface area contributed by atoms with E-state index in [4.69, 9.17) is 18.0 Å². The molecule has 1 fully saturated rings. The van der Waals surface area contributed by atoms with E-state index in [2.05, 4.69) is 5.32 Å². The van der Waals surface area contributed by atoms with Crippen LogP contribution in [0.4, 0.5) is 0 Å². The van der Waals surface area contributed by atoms with Crippen molar-refractivity contribution in [3.8, 4) is 0 Å². The second kappa shape index (κ2) is 4.29. The summed E-state index contributed by atoms with van der Waals surface area (Å²) in [6, 6.07) is 0. The van der Waals surface area contributed by atoms with Gasteiger partial charge in [-0.25, -0.2) is 0 Å². The van der Waals surface area contributed by atoms with E-state index in [0.29, 0.717) is 4.99 Å². The van der Waals surface area contributed by atoms with Crippen molar-refractivity contribution < 1.29 is 4.79 Å². The molecule has 0 radical (unpaired) electrons. The third-order valence-electron chi connectivity index (χ3n) is 2.74. The van der Waals surface area contributed by atoms with Gasteiger partial charge in [0.2, 0.25) is 5.91 Å². The number of thiocarbonyl (C=S) groups is 1. The predicted octanol–water partition coefficient (Wildman–Crippen LogP) is 1.45. The molecule has 5 heteroatoms. The normalized spacial score (nSPS) is 26.3. The molecule has 1 atom stereocenters. The lowest BCUT2D eigenvalue weighted by molar-refractivity contribution is -0.124. The standard InChI is InChI=1S/C10H18N2OS2/c1-9(2,7(11)14)12-8(13)10(3)5-4-6-15-10/h4-6H2,1-3H3,(H2,11,14)(H,12,13). The zero-order valence-electron chi connectivity index (χ0n) is 9.42. The van der Waals surface area contributed by atoms with Crippen molar-refractivity contribution in [1.29, 1.82) is 0 Å². The maximum Gasteiger partial charge on any atom is 0.236 e. The van der Waals surface area contributed by atoms with Gasteiger partial charge in [0.05, 0.1) is 15.3 Å². The lowest BCUT2D eigenvalue weighted by Crippen LogP contribution is -2.56. The van der Waals surface area contributed by atoms with Crippen LogP contribution in [0.2, 0.25) is 0 Å². The molecule has 0 aromatic rings. The Kier molecular flexibility index (Phi) is 3.66. The maximum absolute atomic E-state index is 12.0. The SMILES string of the molecule is CC(C)(NC(=O)C1(C)CCCS1)C(N)=S. The number of hydrogen-bond acceptors (Lipinski definition) is 3. The van der Waals surface area contributed by atoms with E-state index in [0.717, 1.165) is 18.6 Å². The zero-order valence-corrected chi connectivity index (χ0v) is 11.1. The molecule has 0 saturated carbocycles. The van der Waals surface area contributed by atoms with Crippen molar-refractivity contribution in [2.75, 3.05) is 5.75 Å². The molecular formula is C10H18N2OS2. The highest BCUT2D eigenvalue weighted by Gasteiger charge is 2.39. The predicted molar refractivity (Wildman–Crippen MR) is 69.1 cm³/mol. The summed E-state index contributed by atoms with van der Waals surface area (Å²) >= 11 is 6.63. The van der Waals surface area contributed by atoms with E-state index < -0.39 is 5.54 Å². The minimum atomic E-state index is -0.599. The molecule has 1 amide bonds. The Hall–Kier alpha value is -0.290. The van der Waals surface area contributed by atoms with Crippen molar-refractivity contribution in [2.24, 2.45) is 5.73 Å². The first-order chi connectivity index (χ1) is 6.78. The van der Waals surface area contributed by atoms with Crippen LogP contribution >= 0.6 is 24.0 Å². The molecular weight excluding hydrogens is 228 g/mol. The lowest BCUT2D eigenvalue weighted by Gasteiger charge is -2.30. The molecule has 0 aromatic heterocycles. The van der Waals surface area contributed by atoms with E-state index in [1.807, 2.05) is 20.8 Å². The van der Waals surface area contributed by atoms with Gasteiger partial charge in [0.1, 0.15) is 0 Å². The van der Waals surface area contributed by atoms with E-state index in [9.17, 15) is 4.79 Å². The molecule has 0 spiro atoms.